The van der Waals surface area contributed by atoms with Crippen molar-refractivity contribution in [2.45, 2.75) is 58.0 Å². The summed E-state index contributed by atoms with van der Waals surface area (Å²) in [4.78, 5) is 22.1. The van der Waals surface area contributed by atoms with Crippen LogP contribution in [-0.4, -0.2) is 33.9 Å². The maximum absolute atomic E-state index is 12.8. The number of benzene rings is 2. The smallest absolute Gasteiger partial charge is 0.258 e. The molecular weight excluding hydrogens is 485 g/mol. The Morgan fingerprint density at radius 3 is 2.40 bits per heavy atom. The van der Waals surface area contributed by atoms with Crippen molar-refractivity contribution in [1.82, 2.24) is 15.3 Å². The number of halogens is 2. The number of carbonyl (C=O) groups is 1. The summed E-state index contributed by atoms with van der Waals surface area (Å²) in [6.45, 7) is 4.11. The molecule has 188 valence electrons. The molecule has 8 nitrogen and oxygen atoms in total. The number of nitrogens with two attached hydrogens (primary N) is 1. The molecule has 1 amide bonds. The van der Waals surface area contributed by atoms with Crippen LogP contribution in [0.4, 0.5) is 11.8 Å². The highest BCUT2D eigenvalue weighted by Crippen LogP contribution is 2.28. The lowest BCUT2D eigenvalue weighted by Gasteiger charge is -2.33. The van der Waals surface area contributed by atoms with E-state index in [9.17, 15) is 4.79 Å². The molecule has 0 unspecified atom stereocenters. The van der Waals surface area contributed by atoms with Crippen molar-refractivity contribution in [3.8, 4) is 0 Å². The van der Waals surface area contributed by atoms with Gasteiger partial charge < -0.3 is 16.4 Å². The normalized spacial score (nSPS) is 17.0. The molecule has 1 fully saturated rings. The first-order chi connectivity index (χ1) is 15.9. The number of carbonyl (C=O) groups excluding carboxylic acids is 1. The highest BCUT2D eigenvalue weighted by Gasteiger charge is 2.26. The summed E-state index contributed by atoms with van der Waals surface area (Å²) in [7, 11) is 0. The maximum Gasteiger partial charge on any atom is 0.258 e. The van der Waals surface area contributed by atoms with Gasteiger partial charge in [-0.3, -0.25) is 15.5 Å². The number of nitrogens with one attached hydrogen (secondary N) is 4. The zero-order valence-corrected chi connectivity index (χ0v) is 21.6. The molecule has 0 saturated heterocycles. The van der Waals surface area contributed by atoms with Crippen molar-refractivity contribution in [2.24, 2.45) is 5.73 Å². The predicted molar refractivity (Wildman–Crippen MR) is 147 cm³/mol. The second-order valence-corrected chi connectivity index (χ2v) is 8.62. The number of aromatic nitrogens is 2. The zero-order chi connectivity index (χ0) is 23.4. The SMILES string of the molecule is CCc1ccc(C(=O)Nc2nc(N[C@H]3CCCC[C@H]3NC(=N)N)c3cc(C)ccc3n2)cc1.Cl.Cl. The Morgan fingerprint density at radius 1 is 1.06 bits per heavy atom. The van der Waals surface area contributed by atoms with Gasteiger partial charge in [0, 0.05) is 23.0 Å². The van der Waals surface area contributed by atoms with Gasteiger partial charge in [-0.15, -0.1) is 24.8 Å². The first-order valence-corrected chi connectivity index (χ1v) is 11.5. The molecule has 0 bridgehead atoms. The molecule has 1 heterocycles. The molecule has 1 aliphatic rings. The second-order valence-electron chi connectivity index (χ2n) is 8.62. The van der Waals surface area contributed by atoms with E-state index in [-0.39, 0.29) is 54.7 Å². The topological polar surface area (TPSA) is 129 Å². The van der Waals surface area contributed by atoms with E-state index in [0.717, 1.165) is 48.6 Å². The molecule has 0 spiro atoms. The number of guanidine groups is 1. The van der Waals surface area contributed by atoms with Crippen LogP contribution in [0.15, 0.2) is 42.5 Å². The number of anilines is 2. The van der Waals surface area contributed by atoms with Crippen molar-refractivity contribution in [1.29, 1.82) is 5.41 Å². The third kappa shape index (κ3) is 6.96. The van der Waals surface area contributed by atoms with E-state index in [1.54, 1.807) is 0 Å². The summed E-state index contributed by atoms with van der Waals surface area (Å²) in [6, 6.07) is 13.6. The molecule has 2 atom stereocenters. The van der Waals surface area contributed by atoms with Crippen LogP contribution in [0.1, 0.15) is 54.1 Å². The van der Waals surface area contributed by atoms with Crippen LogP contribution in [0, 0.1) is 12.3 Å². The average molecular weight is 518 g/mol. The van der Waals surface area contributed by atoms with E-state index in [0.29, 0.717) is 11.4 Å². The Balaban J connectivity index is 0.00000216. The van der Waals surface area contributed by atoms with E-state index in [4.69, 9.17) is 11.1 Å². The highest BCUT2D eigenvalue weighted by molar-refractivity contribution is 6.04. The zero-order valence-electron chi connectivity index (χ0n) is 19.9. The summed E-state index contributed by atoms with van der Waals surface area (Å²) in [5, 5.41) is 18.0. The number of rotatable bonds is 6. The summed E-state index contributed by atoms with van der Waals surface area (Å²) >= 11 is 0. The first kappa shape index (κ1) is 28.1. The molecule has 0 aliphatic heterocycles. The Morgan fingerprint density at radius 2 is 1.74 bits per heavy atom. The summed E-state index contributed by atoms with van der Waals surface area (Å²) in [6.07, 6.45) is 4.97. The van der Waals surface area contributed by atoms with Gasteiger partial charge in [0.1, 0.15) is 5.82 Å². The fourth-order valence-electron chi connectivity index (χ4n) is 4.33. The molecule has 0 radical (unpaired) electrons. The van der Waals surface area contributed by atoms with Crippen LogP contribution in [0.5, 0.6) is 0 Å². The van der Waals surface area contributed by atoms with E-state index >= 15 is 0 Å². The molecule has 2 aromatic carbocycles. The minimum Gasteiger partial charge on any atom is -0.370 e. The van der Waals surface area contributed by atoms with Crippen molar-refractivity contribution in [3.63, 3.8) is 0 Å². The number of hydrogen-bond acceptors (Lipinski definition) is 5. The van der Waals surface area contributed by atoms with Crippen LogP contribution in [0.25, 0.3) is 10.9 Å². The number of fused-ring (bicyclic) bond motifs is 1. The quantitative estimate of drug-likeness (QED) is 0.236. The van der Waals surface area contributed by atoms with E-state index < -0.39 is 0 Å². The Hall–Kier alpha value is -3.10. The van der Waals surface area contributed by atoms with Crippen molar-refractivity contribution in [3.05, 3.63) is 59.2 Å². The molecule has 1 aromatic heterocycles. The minimum atomic E-state index is -0.246. The largest absolute Gasteiger partial charge is 0.370 e. The van der Waals surface area contributed by atoms with Gasteiger partial charge in [0.25, 0.3) is 5.91 Å². The maximum atomic E-state index is 12.8. The van der Waals surface area contributed by atoms with Crippen LogP contribution < -0.4 is 21.7 Å². The van der Waals surface area contributed by atoms with Gasteiger partial charge in [-0.2, -0.15) is 4.98 Å². The van der Waals surface area contributed by atoms with E-state index in [1.165, 1.54) is 5.56 Å². The minimum absolute atomic E-state index is 0. The third-order valence-electron chi connectivity index (χ3n) is 6.13. The van der Waals surface area contributed by atoms with Crippen LogP contribution >= 0.6 is 24.8 Å². The van der Waals surface area contributed by atoms with Crippen molar-refractivity contribution >= 4 is 59.3 Å². The molecular formula is C25H33Cl2N7O. The summed E-state index contributed by atoms with van der Waals surface area (Å²) in [5.74, 6) is 0.649. The van der Waals surface area contributed by atoms with Crippen molar-refractivity contribution in [2.75, 3.05) is 10.6 Å². The van der Waals surface area contributed by atoms with Gasteiger partial charge >= 0.3 is 0 Å². The molecule has 4 rings (SSSR count). The fourth-order valence-corrected chi connectivity index (χ4v) is 4.33. The van der Waals surface area contributed by atoms with E-state index in [1.807, 2.05) is 49.4 Å². The molecule has 1 aliphatic carbocycles. The van der Waals surface area contributed by atoms with Gasteiger partial charge in [-0.25, -0.2) is 4.98 Å². The number of amides is 1. The predicted octanol–water partition coefficient (Wildman–Crippen LogP) is 4.80. The van der Waals surface area contributed by atoms with Crippen LogP contribution in [0.2, 0.25) is 0 Å². The van der Waals surface area contributed by atoms with Gasteiger partial charge in [0.15, 0.2) is 5.96 Å². The van der Waals surface area contributed by atoms with Gasteiger partial charge in [-0.1, -0.05) is 43.5 Å². The lowest BCUT2D eigenvalue weighted by atomic mass is 9.90. The third-order valence-corrected chi connectivity index (χ3v) is 6.13. The number of hydrogen-bond donors (Lipinski definition) is 5. The number of aryl methyl sites for hydroxylation is 2. The second kappa shape index (κ2) is 12.6. The number of nitrogens with zero attached hydrogens (tertiary/aromatic N) is 2. The van der Waals surface area contributed by atoms with Crippen molar-refractivity contribution < 1.29 is 4.79 Å². The molecule has 35 heavy (non-hydrogen) atoms. The lowest BCUT2D eigenvalue weighted by Crippen LogP contribution is -2.50. The van der Waals surface area contributed by atoms with Gasteiger partial charge in [0.2, 0.25) is 5.95 Å². The Labute approximate surface area is 218 Å². The molecule has 3 aromatic rings. The first-order valence-electron chi connectivity index (χ1n) is 11.5. The lowest BCUT2D eigenvalue weighted by molar-refractivity contribution is 0.102. The molecule has 1 saturated carbocycles. The molecule has 10 heteroatoms. The van der Waals surface area contributed by atoms with Crippen LogP contribution in [-0.2, 0) is 6.42 Å². The Kier molecular flexibility index (Phi) is 10.1. The standard InChI is InChI=1S/C25H31N7O.2ClH/c1-3-16-9-11-17(12-10-16)23(33)32-25-30-19-13-8-15(2)14-18(19)22(31-25)28-20-6-4-5-7-21(20)29-24(26)27;;/h8-14,20-21H,3-7H2,1-2H3,(H4,26,27,29)(H2,28,30,31,32,33);2*1H/t20-,21+;;/m0../s1. The van der Waals surface area contributed by atoms with Gasteiger partial charge in [0.05, 0.1) is 5.52 Å². The summed E-state index contributed by atoms with van der Waals surface area (Å²) in [5.41, 5.74) is 9.21. The van der Waals surface area contributed by atoms with Crippen LogP contribution in [0.3, 0.4) is 0 Å². The van der Waals surface area contributed by atoms with Gasteiger partial charge in [-0.05, 0) is 56.0 Å². The Bertz CT molecular complexity index is 1170. The average Bonchev–Trinajstić information content (AvgIpc) is 2.80. The molecule has 6 N–H and O–H groups in total. The summed E-state index contributed by atoms with van der Waals surface area (Å²) < 4.78 is 0. The van der Waals surface area contributed by atoms with E-state index in [2.05, 4.69) is 32.8 Å². The fraction of sp³-hybridized carbons (Fsp3) is 0.360. The monoisotopic (exact) mass is 517 g/mol. The highest BCUT2D eigenvalue weighted by atomic mass is 35.5.